The molecule has 0 aromatic carbocycles. The third-order valence-corrected chi connectivity index (χ3v) is 2.81. The van der Waals surface area contributed by atoms with Crippen molar-refractivity contribution in [2.45, 2.75) is 12.8 Å². The van der Waals surface area contributed by atoms with Crippen LogP contribution in [0, 0.1) is 0 Å². The van der Waals surface area contributed by atoms with Gasteiger partial charge in [-0.1, -0.05) is 0 Å². The zero-order valence-electron chi connectivity index (χ0n) is 9.77. The van der Waals surface area contributed by atoms with E-state index in [0.717, 1.165) is 37.3 Å². The van der Waals surface area contributed by atoms with Gasteiger partial charge in [-0.2, -0.15) is 0 Å². The number of carboxylic acid groups (broad SMARTS) is 1. The summed E-state index contributed by atoms with van der Waals surface area (Å²) in [4.78, 5) is 21.3. The van der Waals surface area contributed by atoms with Gasteiger partial charge < -0.3 is 20.1 Å². The maximum Gasteiger partial charge on any atom is 0.145 e. The maximum absolute atomic E-state index is 10.3. The van der Waals surface area contributed by atoms with E-state index in [1.807, 2.05) is 0 Å². The Balaban J connectivity index is 2.10. The Hall–Kier alpha value is -1.69. The summed E-state index contributed by atoms with van der Waals surface area (Å²) in [6, 6.07) is 0. The summed E-state index contributed by atoms with van der Waals surface area (Å²) in [7, 11) is 2.07. The molecule has 1 aliphatic heterocycles. The molecule has 2 heterocycles. The Morgan fingerprint density at radius 2 is 2.18 bits per heavy atom. The largest absolute Gasteiger partial charge is 0.548 e. The van der Waals surface area contributed by atoms with E-state index in [4.69, 9.17) is 0 Å². The average molecular weight is 235 g/mol. The standard InChI is InChI=1S/C11H16N4O2/c1-15-4-2-8-9(3-5-15)14-10(6-12-8)13-7-11(16)17/h6H,2-5,7H2,1H3,(H,13,14)(H,16,17)/p-1. The SMILES string of the molecule is CN1CCc2ncc(NCC(=O)[O-])nc2CC1. The molecule has 6 nitrogen and oxygen atoms in total. The van der Waals surface area contributed by atoms with Gasteiger partial charge in [-0.05, 0) is 7.05 Å². The average Bonchev–Trinajstić information content (AvgIpc) is 2.49. The predicted molar refractivity (Wildman–Crippen MR) is 60.4 cm³/mol. The van der Waals surface area contributed by atoms with Gasteiger partial charge in [0.2, 0.25) is 0 Å². The molecule has 0 radical (unpaired) electrons. The molecule has 0 aliphatic carbocycles. The van der Waals surface area contributed by atoms with Crippen molar-refractivity contribution in [2.75, 3.05) is 32.0 Å². The highest BCUT2D eigenvalue weighted by atomic mass is 16.4. The normalized spacial score (nSPS) is 16.1. The van der Waals surface area contributed by atoms with Gasteiger partial charge in [-0.15, -0.1) is 0 Å². The van der Waals surface area contributed by atoms with E-state index < -0.39 is 5.97 Å². The molecule has 0 amide bonds. The molecule has 1 aliphatic rings. The van der Waals surface area contributed by atoms with E-state index >= 15 is 0 Å². The van der Waals surface area contributed by atoms with Gasteiger partial charge in [-0.3, -0.25) is 4.98 Å². The number of carbonyl (C=O) groups excluding carboxylic acids is 1. The predicted octanol–water partition coefficient (Wildman–Crippen LogP) is -1.33. The van der Waals surface area contributed by atoms with E-state index in [0.29, 0.717) is 5.82 Å². The van der Waals surface area contributed by atoms with Crippen LogP contribution in [0.25, 0.3) is 0 Å². The quantitative estimate of drug-likeness (QED) is 0.699. The Labute approximate surface area is 99.7 Å². The number of rotatable bonds is 3. The van der Waals surface area contributed by atoms with Crippen LogP contribution in [-0.2, 0) is 17.6 Å². The number of likely N-dealkylation sites (N-methyl/N-ethyl adjacent to an activating group) is 1. The first kappa shape index (κ1) is 11.8. The zero-order valence-corrected chi connectivity index (χ0v) is 9.77. The molecule has 92 valence electrons. The minimum Gasteiger partial charge on any atom is -0.548 e. The summed E-state index contributed by atoms with van der Waals surface area (Å²) in [6.07, 6.45) is 3.31. The van der Waals surface area contributed by atoms with Gasteiger partial charge in [0.05, 0.1) is 30.1 Å². The first-order chi connectivity index (χ1) is 8.15. The number of carboxylic acids is 1. The summed E-state index contributed by atoms with van der Waals surface area (Å²) in [6.45, 7) is 1.69. The van der Waals surface area contributed by atoms with E-state index in [2.05, 4.69) is 27.2 Å². The number of nitrogens with zero attached hydrogens (tertiary/aromatic N) is 3. The van der Waals surface area contributed by atoms with Crippen molar-refractivity contribution in [1.29, 1.82) is 0 Å². The van der Waals surface area contributed by atoms with Crippen LogP contribution in [0.15, 0.2) is 6.20 Å². The van der Waals surface area contributed by atoms with Gasteiger partial charge in [0, 0.05) is 25.9 Å². The van der Waals surface area contributed by atoms with Gasteiger partial charge in [0.25, 0.3) is 0 Å². The van der Waals surface area contributed by atoms with Crippen LogP contribution in [0.4, 0.5) is 5.82 Å². The van der Waals surface area contributed by atoms with Crippen molar-refractivity contribution in [1.82, 2.24) is 14.9 Å². The maximum atomic E-state index is 10.3. The Morgan fingerprint density at radius 3 is 2.88 bits per heavy atom. The highest BCUT2D eigenvalue weighted by Gasteiger charge is 2.13. The molecule has 1 N–H and O–H groups in total. The molecule has 2 rings (SSSR count). The molecule has 0 atom stereocenters. The van der Waals surface area contributed by atoms with Gasteiger partial charge >= 0.3 is 0 Å². The van der Waals surface area contributed by atoms with E-state index in [1.54, 1.807) is 6.20 Å². The molecule has 1 aromatic rings. The highest BCUT2D eigenvalue weighted by molar-refractivity contribution is 5.69. The molecule has 0 unspecified atom stereocenters. The van der Waals surface area contributed by atoms with Crippen molar-refractivity contribution < 1.29 is 9.90 Å². The first-order valence-electron chi connectivity index (χ1n) is 5.62. The van der Waals surface area contributed by atoms with Gasteiger partial charge in [0.15, 0.2) is 0 Å². The summed E-state index contributed by atoms with van der Waals surface area (Å²) in [5.74, 6) is -0.654. The fraction of sp³-hybridized carbons (Fsp3) is 0.545. The number of carbonyl (C=O) groups is 1. The molecule has 6 heteroatoms. The van der Waals surface area contributed by atoms with E-state index in [-0.39, 0.29) is 6.54 Å². The summed E-state index contributed by atoms with van der Waals surface area (Å²) in [5.41, 5.74) is 1.96. The van der Waals surface area contributed by atoms with Crippen molar-refractivity contribution >= 4 is 11.8 Å². The number of hydrogen-bond donors (Lipinski definition) is 1. The molecule has 0 spiro atoms. The monoisotopic (exact) mass is 235 g/mol. The number of aromatic nitrogens is 2. The Kier molecular flexibility index (Phi) is 3.53. The molecular weight excluding hydrogens is 220 g/mol. The van der Waals surface area contributed by atoms with Crippen molar-refractivity contribution in [3.8, 4) is 0 Å². The third-order valence-electron chi connectivity index (χ3n) is 2.81. The van der Waals surface area contributed by atoms with E-state index in [1.165, 1.54) is 0 Å². The second-order valence-electron chi connectivity index (χ2n) is 4.18. The van der Waals surface area contributed by atoms with E-state index in [9.17, 15) is 9.90 Å². The van der Waals surface area contributed by atoms with Gasteiger partial charge in [0.1, 0.15) is 5.82 Å². The Bertz CT molecular complexity index is 422. The third kappa shape index (κ3) is 3.13. The number of nitrogens with one attached hydrogen (secondary N) is 1. The number of anilines is 1. The van der Waals surface area contributed by atoms with Crippen molar-refractivity contribution in [3.63, 3.8) is 0 Å². The topological polar surface area (TPSA) is 81.2 Å². The molecule has 0 saturated carbocycles. The lowest BCUT2D eigenvalue weighted by molar-refractivity contribution is -0.302. The summed E-state index contributed by atoms with van der Waals surface area (Å²) >= 11 is 0. The second-order valence-corrected chi connectivity index (χ2v) is 4.18. The number of hydrogen-bond acceptors (Lipinski definition) is 6. The minimum atomic E-state index is -1.15. The van der Waals surface area contributed by atoms with Crippen molar-refractivity contribution in [3.05, 3.63) is 17.6 Å². The number of aliphatic carboxylic acids is 1. The summed E-state index contributed by atoms with van der Waals surface area (Å²) < 4.78 is 0. The number of fused-ring (bicyclic) bond motifs is 1. The Morgan fingerprint density at radius 1 is 1.47 bits per heavy atom. The lowest BCUT2D eigenvalue weighted by Crippen LogP contribution is -2.30. The molecular formula is C11H15N4O2-. The lowest BCUT2D eigenvalue weighted by atomic mass is 10.2. The smallest absolute Gasteiger partial charge is 0.145 e. The van der Waals surface area contributed by atoms with Crippen LogP contribution in [0.3, 0.4) is 0 Å². The fourth-order valence-corrected chi connectivity index (χ4v) is 1.81. The lowest BCUT2D eigenvalue weighted by Gasteiger charge is -2.10. The van der Waals surface area contributed by atoms with Crippen LogP contribution < -0.4 is 10.4 Å². The highest BCUT2D eigenvalue weighted by Crippen LogP contribution is 2.13. The molecule has 0 fully saturated rings. The molecule has 0 bridgehead atoms. The van der Waals surface area contributed by atoms with Crippen LogP contribution in [0.2, 0.25) is 0 Å². The minimum absolute atomic E-state index is 0.243. The van der Waals surface area contributed by atoms with Crippen LogP contribution >= 0.6 is 0 Å². The van der Waals surface area contributed by atoms with Gasteiger partial charge in [-0.25, -0.2) is 4.98 Å². The molecule has 0 saturated heterocycles. The fourth-order valence-electron chi connectivity index (χ4n) is 1.81. The molecule has 1 aromatic heterocycles. The van der Waals surface area contributed by atoms with Crippen LogP contribution in [0.1, 0.15) is 11.4 Å². The second kappa shape index (κ2) is 5.09. The summed E-state index contributed by atoms with van der Waals surface area (Å²) in [5, 5.41) is 13.0. The van der Waals surface area contributed by atoms with Crippen LogP contribution in [-0.4, -0.2) is 47.5 Å². The molecule has 17 heavy (non-hydrogen) atoms. The van der Waals surface area contributed by atoms with Crippen LogP contribution in [0.5, 0.6) is 0 Å². The zero-order chi connectivity index (χ0) is 12.3. The van der Waals surface area contributed by atoms with Crippen molar-refractivity contribution in [2.24, 2.45) is 0 Å². The first-order valence-corrected chi connectivity index (χ1v) is 5.62.